The summed E-state index contributed by atoms with van der Waals surface area (Å²) in [6.07, 6.45) is 6.04. The molecule has 0 bridgehead atoms. The summed E-state index contributed by atoms with van der Waals surface area (Å²) in [5.74, 6) is 2.28. The fourth-order valence-corrected chi connectivity index (χ4v) is 2.66. The van der Waals surface area contributed by atoms with E-state index in [0.717, 1.165) is 24.7 Å². The molecule has 1 nitrogen and oxygen atoms in total. The standard InChI is InChI=1S/C12H24O/c1-4-11-8-10(7-9(2)3)5-6-12(11)13/h9-13H,4-8H2,1-3H3. The predicted octanol–water partition coefficient (Wildman–Crippen LogP) is 3.22. The molecule has 0 aromatic heterocycles. The smallest absolute Gasteiger partial charge is 0.0568 e. The van der Waals surface area contributed by atoms with E-state index < -0.39 is 0 Å². The SMILES string of the molecule is CCC1CC(CC(C)C)CCC1O. The predicted molar refractivity (Wildman–Crippen MR) is 56.6 cm³/mol. The lowest BCUT2D eigenvalue weighted by Crippen LogP contribution is -2.29. The van der Waals surface area contributed by atoms with Gasteiger partial charge in [-0.25, -0.2) is 0 Å². The van der Waals surface area contributed by atoms with Crippen LogP contribution in [0.2, 0.25) is 0 Å². The highest BCUT2D eigenvalue weighted by atomic mass is 16.3. The van der Waals surface area contributed by atoms with E-state index in [4.69, 9.17) is 0 Å². The van der Waals surface area contributed by atoms with Crippen LogP contribution in [0.5, 0.6) is 0 Å². The molecule has 3 atom stereocenters. The molecule has 1 heteroatoms. The van der Waals surface area contributed by atoms with Gasteiger partial charge >= 0.3 is 0 Å². The van der Waals surface area contributed by atoms with E-state index in [2.05, 4.69) is 20.8 Å². The topological polar surface area (TPSA) is 20.2 Å². The van der Waals surface area contributed by atoms with Crippen molar-refractivity contribution in [2.45, 2.75) is 59.0 Å². The molecular formula is C12H24O. The highest BCUT2D eigenvalue weighted by molar-refractivity contribution is 4.79. The fraction of sp³-hybridized carbons (Fsp3) is 1.00. The van der Waals surface area contributed by atoms with Gasteiger partial charge in [0, 0.05) is 0 Å². The van der Waals surface area contributed by atoms with Crippen LogP contribution in [0.15, 0.2) is 0 Å². The van der Waals surface area contributed by atoms with Gasteiger partial charge in [0.15, 0.2) is 0 Å². The summed E-state index contributed by atoms with van der Waals surface area (Å²) < 4.78 is 0. The second-order valence-electron chi connectivity index (χ2n) is 5.04. The Morgan fingerprint density at radius 2 is 2.00 bits per heavy atom. The third kappa shape index (κ3) is 3.30. The minimum absolute atomic E-state index is 0.00610. The molecule has 0 saturated heterocycles. The van der Waals surface area contributed by atoms with Crippen molar-refractivity contribution in [2.24, 2.45) is 17.8 Å². The van der Waals surface area contributed by atoms with Gasteiger partial charge in [0.05, 0.1) is 6.10 Å². The van der Waals surface area contributed by atoms with Gasteiger partial charge in [0.1, 0.15) is 0 Å². The van der Waals surface area contributed by atoms with Gasteiger partial charge in [0.2, 0.25) is 0 Å². The first-order valence-corrected chi connectivity index (χ1v) is 5.81. The van der Waals surface area contributed by atoms with Crippen LogP contribution in [-0.4, -0.2) is 11.2 Å². The molecule has 3 unspecified atom stereocenters. The van der Waals surface area contributed by atoms with Crippen molar-refractivity contribution in [3.63, 3.8) is 0 Å². The second-order valence-corrected chi connectivity index (χ2v) is 5.04. The Balaban J connectivity index is 2.36. The maximum absolute atomic E-state index is 9.72. The summed E-state index contributed by atoms with van der Waals surface area (Å²) in [6, 6.07) is 0. The van der Waals surface area contributed by atoms with E-state index in [9.17, 15) is 5.11 Å². The lowest BCUT2D eigenvalue weighted by atomic mass is 9.75. The van der Waals surface area contributed by atoms with Crippen LogP contribution in [0.25, 0.3) is 0 Å². The van der Waals surface area contributed by atoms with Gasteiger partial charge in [-0.1, -0.05) is 27.2 Å². The molecular weight excluding hydrogens is 160 g/mol. The van der Waals surface area contributed by atoms with Crippen LogP contribution >= 0.6 is 0 Å². The van der Waals surface area contributed by atoms with Crippen LogP contribution in [0.4, 0.5) is 0 Å². The van der Waals surface area contributed by atoms with Gasteiger partial charge in [-0.15, -0.1) is 0 Å². The largest absolute Gasteiger partial charge is 0.393 e. The average molecular weight is 184 g/mol. The number of hydrogen-bond acceptors (Lipinski definition) is 1. The van der Waals surface area contributed by atoms with Gasteiger partial charge in [-0.2, -0.15) is 0 Å². The molecule has 13 heavy (non-hydrogen) atoms. The molecule has 1 aliphatic rings. The van der Waals surface area contributed by atoms with Crippen LogP contribution in [0.3, 0.4) is 0 Å². The zero-order chi connectivity index (χ0) is 9.84. The Labute approximate surface area is 82.5 Å². The first kappa shape index (κ1) is 11.0. The molecule has 0 aromatic carbocycles. The summed E-state index contributed by atoms with van der Waals surface area (Å²) in [4.78, 5) is 0. The number of rotatable bonds is 3. The lowest BCUT2D eigenvalue weighted by Gasteiger charge is -2.33. The molecule has 0 spiro atoms. The normalized spacial score (nSPS) is 35.3. The molecule has 1 N–H and O–H groups in total. The van der Waals surface area contributed by atoms with Gasteiger partial charge in [-0.3, -0.25) is 0 Å². The first-order chi connectivity index (χ1) is 6.13. The van der Waals surface area contributed by atoms with Crippen molar-refractivity contribution < 1.29 is 5.11 Å². The molecule has 78 valence electrons. The fourth-order valence-electron chi connectivity index (χ4n) is 2.66. The highest BCUT2D eigenvalue weighted by Crippen LogP contribution is 2.34. The number of aliphatic hydroxyl groups excluding tert-OH is 1. The van der Waals surface area contributed by atoms with Crippen molar-refractivity contribution >= 4 is 0 Å². The Morgan fingerprint density at radius 3 is 2.54 bits per heavy atom. The average Bonchev–Trinajstić information content (AvgIpc) is 2.07. The Kier molecular flexibility index (Phi) is 4.24. The summed E-state index contributed by atoms with van der Waals surface area (Å²) in [6.45, 7) is 6.80. The molecule has 0 heterocycles. The number of hydrogen-bond donors (Lipinski definition) is 1. The van der Waals surface area contributed by atoms with Crippen LogP contribution in [0.1, 0.15) is 52.9 Å². The van der Waals surface area contributed by atoms with E-state index in [1.807, 2.05) is 0 Å². The monoisotopic (exact) mass is 184 g/mol. The Bertz CT molecular complexity index is 142. The Hall–Kier alpha value is -0.0400. The van der Waals surface area contributed by atoms with Crippen LogP contribution in [-0.2, 0) is 0 Å². The molecule has 1 rings (SSSR count). The summed E-state index contributed by atoms with van der Waals surface area (Å²) in [7, 11) is 0. The molecule has 0 aliphatic heterocycles. The van der Waals surface area contributed by atoms with Crippen molar-refractivity contribution in [3.05, 3.63) is 0 Å². The molecule has 1 aliphatic carbocycles. The summed E-state index contributed by atoms with van der Waals surface area (Å²) in [5.41, 5.74) is 0. The van der Waals surface area contributed by atoms with Crippen molar-refractivity contribution in [1.29, 1.82) is 0 Å². The first-order valence-electron chi connectivity index (χ1n) is 5.81. The second kappa shape index (κ2) is 4.99. The summed E-state index contributed by atoms with van der Waals surface area (Å²) >= 11 is 0. The van der Waals surface area contributed by atoms with E-state index >= 15 is 0 Å². The molecule has 0 amide bonds. The van der Waals surface area contributed by atoms with Crippen molar-refractivity contribution in [1.82, 2.24) is 0 Å². The molecule has 0 aromatic rings. The van der Waals surface area contributed by atoms with Gasteiger partial charge in [0.25, 0.3) is 0 Å². The maximum Gasteiger partial charge on any atom is 0.0568 e. The van der Waals surface area contributed by atoms with E-state index in [1.54, 1.807) is 0 Å². The van der Waals surface area contributed by atoms with Gasteiger partial charge in [-0.05, 0) is 43.4 Å². The molecule has 1 saturated carbocycles. The van der Waals surface area contributed by atoms with Crippen molar-refractivity contribution in [2.75, 3.05) is 0 Å². The van der Waals surface area contributed by atoms with Crippen LogP contribution in [0, 0.1) is 17.8 Å². The maximum atomic E-state index is 9.72. The lowest BCUT2D eigenvalue weighted by molar-refractivity contribution is 0.0418. The molecule has 0 radical (unpaired) electrons. The highest BCUT2D eigenvalue weighted by Gasteiger charge is 2.27. The third-order valence-corrected chi connectivity index (χ3v) is 3.38. The minimum Gasteiger partial charge on any atom is -0.393 e. The van der Waals surface area contributed by atoms with Gasteiger partial charge < -0.3 is 5.11 Å². The summed E-state index contributed by atoms with van der Waals surface area (Å²) in [5, 5.41) is 9.72. The molecule has 1 fully saturated rings. The van der Waals surface area contributed by atoms with Crippen molar-refractivity contribution in [3.8, 4) is 0 Å². The zero-order valence-electron chi connectivity index (χ0n) is 9.29. The van der Waals surface area contributed by atoms with E-state index in [0.29, 0.717) is 5.92 Å². The zero-order valence-corrected chi connectivity index (χ0v) is 9.29. The quantitative estimate of drug-likeness (QED) is 0.714. The Morgan fingerprint density at radius 1 is 1.31 bits per heavy atom. The van der Waals surface area contributed by atoms with Crippen LogP contribution < -0.4 is 0 Å². The van der Waals surface area contributed by atoms with E-state index in [1.165, 1.54) is 19.3 Å². The number of aliphatic hydroxyl groups is 1. The van der Waals surface area contributed by atoms with E-state index in [-0.39, 0.29) is 6.10 Å². The third-order valence-electron chi connectivity index (χ3n) is 3.38. The minimum atomic E-state index is -0.00610.